The summed E-state index contributed by atoms with van der Waals surface area (Å²) >= 11 is 0. The standard InChI is InChI=1S/C23H28O3/c1-21(2,3)13-9-10-14-22(4,24)15-16-23(5)20(26-23)18-25-17-19-11-7-6-8-12-19/h6-8,10-12,14,20,24H,17-18H2,1-5H3/b14-10+. The van der Waals surface area contributed by atoms with E-state index in [4.69, 9.17) is 9.47 Å². The topological polar surface area (TPSA) is 42.0 Å². The molecule has 0 amide bonds. The minimum Gasteiger partial charge on any atom is -0.374 e. The van der Waals surface area contributed by atoms with E-state index in [2.05, 4.69) is 23.7 Å². The van der Waals surface area contributed by atoms with Crippen molar-refractivity contribution in [2.75, 3.05) is 6.61 Å². The summed E-state index contributed by atoms with van der Waals surface area (Å²) in [4.78, 5) is 0. The second-order valence-electron chi connectivity index (χ2n) is 7.96. The normalized spacial score (nSPS) is 24.2. The van der Waals surface area contributed by atoms with Gasteiger partial charge in [-0.05, 0) is 52.3 Å². The van der Waals surface area contributed by atoms with Crippen molar-refractivity contribution in [3.05, 3.63) is 48.0 Å². The lowest BCUT2D eigenvalue weighted by molar-refractivity contribution is 0.104. The maximum atomic E-state index is 10.3. The number of aliphatic hydroxyl groups is 1. The molecule has 0 saturated carbocycles. The number of hydrogen-bond donors (Lipinski definition) is 1. The third-order valence-corrected chi connectivity index (χ3v) is 3.83. The van der Waals surface area contributed by atoms with Crippen LogP contribution in [0.2, 0.25) is 0 Å². The first-order valence-electron chi connectivity index (χ1n) is 8.86. The fourth-order valence-corrected chi connectivity index (χ4v) is 2.18. The van der Waals surface area contributed by atoms with Crippen molar-refractivity contribution in [1.82, 2.24) is 0 Å². The van der Waals surface area contributed by atoms with Gasteiger partial charge in [0, 0.05) is 5.41 Å². The zero-order valence-corrected chi connectivity index (χ0v) is 16.3. The zero-order valence-electron chi connectivity index (χ0n) is 16.3. The molecule has 1 N–H and O–H groups in total. The Kier molecular flexibility index (Phi) is 6.32. The highest BCUT2D eigenvalue weighted by atomic mass is 16.6. The number of benzene rings is 1. The molecule has 0 bridgehead atoms. The van der Waals surface area contributed by atoms with E-state index in [9.17, 15) is 5.11 Å². The first-order chi connectivity index (χ1) is 12.1. The summed E-state index contributed by atoms with van der Waals surface area (Å²) in [5.74, 6) is 11.9. The van der Waals surface area contributed by atoms with Crippen LogP contribution in [0.3, 0.4) is 0 Å². The molecule has 1 aromatic carbocycles. The van der Waals surface area contributed by atoms with Gasteiger partial charge in [-0.1, -0.05) is 54.0 Å². The monoisotopic (exact) mass is 352 g/mol. The molecular weight excluding hydrogens is 324 g/mol. The van der Waals surface area contributed by atoms with Crippen LogP contribution in [0.25, 0.3) is 0 Å². The Balaban J connectivity index is 1.82. The summed E-state index contributed by atoms with van der Waals surface area (Å²) in [6.45, 7) is 10.7. The lowest BCUT2D eigenvalue weighted by atomic mass is 9.98. The second kappa shape index (κ2) is 8.11. The van der Waals surface area contributed by atoms with E-state index in [1.54, 1.807) is 19.1 Å². The summed E-state index contributed by atoms with van der Waals surface area (Å²) in [5.41, 5.74) is -0.738. The van der Waals surface area contributed by atoms with Gasteiger partial charge in [-0.15, -0.1) is 0 Å². The molecule has 0 radical (unpaired) electrons. The average molecular weight is 352 g/mol. The number of allylic oxidation sites excluding steroid dienone is 1. The van der Waals surface area contributed by atoms with Gasteiger partial charge in [0.1, 0.15) is 11.7 Å². The highest BCUT2D eigenvalue weighted by molar-refractivity contribution is 5.32. The van der Waals surface area contributed by atoms with Gasteiger partial charge < -0.3 is 14.6 Å². The SMILES string of the molecule is CC(C)(C)C#C/C=C/C(C)(O)C#CC1(C)OC1COCc1ccccc1. The molecule has 2 rings (SSSR count). The van der Waals surface area contributed by atoms with Gasteiger partial charge in [0.05, 0.1) is 13.2 Å². The number of hydrogen-bond acceptors (Lipinski definition) is 3. The van der Waals surface area contributed by atoms with Crippen LogP contribution in [0.1, 0.15) is 40.2 Å². The Morgan fingerprint density at radius 3 is 2.54 bits per heavy atom. The fourth-order valence-electron chi connectivity index (χ4n) is 2.18. The molecule has 0 aliphatic carbocycles. The van der Waals surface area contributed by atoms with Gasteiger partial charge in [-0.25, -0.2) is 0 Å². The van der Waals surface area contributed by atoms with E-state index in [-0.39, 0.29) is 11.5 Å². The van der Waals surface area contributed by atoms with Crippen LogP contribution in [0.5, 0.6) is 0 Å². The predicted molar refractivity (Wildman–Crippen MR) is 104 cm³/mol. The zero-order chi connectivity index (χ0) is 19.3. The van der Waals surface area contributed by atoms with Gasteiger partial charge in [-0.2, -0.15) is 0 Å². The van der Waals surface area contributed by atoms with Gasteiger partial charge >= 0.3 is 0 Å². The quantitative estimate of drug-likeness (QED) is 0.649. The molecule has 1 heterocycles. The van der Waals surface area contributed by atoms with Gasteiger partial charge in [0.2, 0.25) is 0 Å². The Bertz CT molecular complexity index is 748. The largest absolute Gasteiger partial charge is 0.374 e. The van der Waals surface area contributed by atoms with Crippen LogP contribution < -0.4 is 0 Å². The van der Waals surface area contributed by atoms with Crippen molar-refractivity contribution >= 4 is 0 Å². The minimum atomic E-state index is -1.24. The highest BCUT2D eigenvalue weighted by Crippen LogP contribution is 2.35. The fraction of sp³-hybridized carbons (Fsp3) is 0.478. The molecule has 0 aromatic heterocycles. The molecule has 1 aliphatic rings. The molecular formula is C23H28O3. The van der Waals surface area contributed by atoms with E-state index in [0.29, 0.717) is 13.2 Å². The maximum absolute atomic E-state index is 10.3. The van der Waals surface area contributed by atoms with E-state index in [0.717, 1.165) is 5.56 Å². The molecule has 1 saturated heterocycles. The predicted octanol–water partition coefficient (Wildman–Crippen LogP) is 3.72. The lowest BCUT2D eigenvalue weighted by Gasteiger charge is -2.10. The summed E-state index contributed by atoms with van der Waals surface area (Å²) < 4.78 is 11.3. The first-order valence-corrected chi connectivity index (χ1v) is 8.86. The molecule has 138 valence electrons. The van der Waals surface area contributed by atoms with E-state index >= 15 is 0 Å². The second-order valence-corrected chi connectivity index (χ2v) is 7.96. The van der Waals surface area contributed by atoms with E-state index in [1.165, 1.54) is 0 Å². The van der Waals surface area contributed by atoms with Gasteiger partial charge in [0.25, 0.3) is 0 Å². The van der Waals surface area contributed by atoms with E-state index < -0.39 is 11.2 Å². The Morgan fingerprint density at radius 2 is 1.88 bits per heavy atom. The smallest absolute Gasteiger partial charge is 0.154 e. The van der Waals surface area contributed by atoms with E-state index in [1.807, 2.05) is 58.0 Å². The average Bonchev–Trinajstić information content (AvgIpc) is 3.21. The number of ether oxygens (including phenoxy) is 2. The molecule has 3 unspecified atom stereocenters. The molecule has 3 atom stereocenters. The summed E-state index contributed by atoms with van der Waals surface area (Å²) in [5, 5.41) is 10.3. The highest BCUT2D eigenvalue weighted by Gasteiger charge is 2.51. The van der Waals surface area contributed by atoms with Crippen LogP contribution in [0.4, 0.5) is 0 Å². The molecule has 1 aliphatic heterocycles. The Morgan fingerprint density at radius 1 is 1.19 bits per heavy atom. The number of epoxide rings is 1. The summed E-state index contributed by atoms with van der Waals surface area (Å²) in [6, 6.07) is 10.0. The van der Waals surface area contributed by atoms with Crippen molar-refractivity contribution in [3.8, 4) is 23.7 Å². The summed E-state index contributed by atoms with van der Waals surface area (Å²) in [7, 11) is 0. The van der Waals surface area contributed by atoms with Gasteiger partial charge in [-0.3, -0.25) is 0 Å². The third kappa shape index (κ3) is 7.06. The lowest BCUT2D eigenvalue weighted by Crippen LogP contribution is -2.20. The molecule has 26 heavy (non-hydrogen) atoms. The molecule has 3 heteroatoms. The van der Waals surface area contributed by atoms with Crippen molar-refractivity contribution < 1.29 is 14.6 Å². The molecule has 0 spiro atoms. The maximum Gasteiger partial charge on any atom is 0.154 e. The Hall–Kier alpha value is -2.04. The Labute approximate surface area is 157 Å². The van der Waals surface area contributed by atoms with Crippen LogP contribution >= 0.6 is 0 Å². The number of rotatable bonds is 5. The van der Waals surface area contributed by atoms with Crippen LogP contribution in [-0.4, -0.2) is 29.0 Å². The van der Waals surface area contributed by atoms with Crippen LogP contribution in [-0.2, 0) is 16.1 Å². The van der Waals surface area contributed by atoms with Crippen LogP contribution in [0.15, 0.2) is 42.5 Å². The van der Waals surface area contributed by atoms with Crippen LogP contribution in [0, 0.1) is 29.1 Å². The van der Waals surface area contributed by atoms with Crippen molar-refractivity contribution in [3.63, 3.8) is 0 Å². The third-order valence-electron chi connectivity index (χ3n) is 3.83. The molecule has 1 aromatic rings. The first kappa shape index (κ1) is 20.3. The van der Waals surface area contributed by atoms with Gasteiger partial charge in [0.15, 0.2) is 5.60 Å². The minimum absolute atomic E-state index is 0.0653. The van der Waals surface area contributed by atoms with Crippen molar-refractivity contribution in [2.45, 2.75) is 58.5 Å². The molecule has 1 fully saturated rings. The van der Waals surface area contributed by atoms with Crippen molar-refractivity contribution in [1.29, 1.82) is 0 Å². The van der Waals surface area contributed by atoms with Crippen molar-refractivity contribution in [2.24, 2.45) is 5.41 Å². The molecule has 3 nitrogen and oxygen atoms in total. The summed E-state index contributed by atoms with van der Waals surface area (Å²) in [6.07, 6.45) is 3.18.